The van der Waals surface area contributed by atoms with Crippen LogP contribution in [-0.4, -0.2) is 9.97 Å². The largest absolute Gasteiger partial charge is 0.436 e. The Morgan fingerprint density at radius 2 is 0.846 bits per heavy atom. The predicted molar refractivity (Wildman–Crippen MR) is 132 cm³/mol. The Balaban J connectivity index is 2.36. The van der Waals surface area contributed by atoms with E-state index in [0.717, 1.165) is 18.2 Å². The maximum atomic E-state index is 15.1. The fourth-order valence-electron chi connectivity index (χ4n) is 4.68. The van der Waals surface area contributed by atoms with Gasteiger partial charge in [0.25, 0.3) is 0 Å². The number of nitrogens with zero attached hydrogens (tertiary/aromatic N) is 5. The average Bonchev–Trinajstić information content (AvgIpc) is 3.73. The van der Waals surface area contributed by atoms with Crippen LogP contribution in [0.4, 0.5) is 79.0 Å². The summed E-state index contributed by atoms with van der Waals surface area (Å²) in [5.74, 6) is -17.1. The third-order valence-corrected chi connectivity index (χ3v) is 6.81. The molecular formula is C29H3F18N5. The lowest BCUT2D eigenvalue weighted by Crippen LogP contribution is -2.16. The Hall–Kier alpha value is -6.05. The Morgan fingerprint density at radius 3 is 1.15 bits per heavy atom. The first kappa shape index (κ1) is 38.7. The van der Waals surface area contributed by atoms with E-state index in [1.165, 1.54) is 0 Å². The molecule has 0 unspecified atom stereocenters. The van der Waals surface area contributed by atoms with E-state index in [0.29, 0.717) is 0 Å². The molecule has 0 saturated heterocycles. The zero-order valence-electron chi connectivity index (χ0n) is 23.8. The number of rotatable bonds is 3. The van der Waals surface area contributed by atoms with Crippen molar-refractivity contribution in [1.29, 1.82) is 15.8 Å². The highest BCUT2D eigenvalue weighted by molar-refractivity contribution is 6.12. The molecule has 0 atom stereocenters. The molecular weight excluding hydrogens is 760 g/mol. The van der Waals surface area contributed by atoms with Gasteiger partial charge in [0.1, 0.15) is 18.2 Å². The quantitative estimate of drug-likeness (QED) is 0.150. The van der Waals surface area contributed by atoms with Crippen molar-refractivity contribution in [1.82, 2.24) is 9.97 Å². The molecule has 0 spiro atoms. The van der Waals surface area contributed by atoms with E-state index in [-0.39, 0.29) is 12.1 Å². The lowest BCUT2D eigenvalue weighted by Gasteiger charge is -2.15. The molecule has 0 radical (unpaired) electrons. The van der Waals surface area contributed by atoms with Crippen LogP contribution in [0, 0.1) is 69.2 Å². The molecule has 52 heavy (non-hydrogen) atoms. The number of pyridine rings is 2. The second-order valence-corrected chi connectivity index (χ2v) is 9.85. The minimum absolute atomic E-state index is 0.0904. The van der Waals surface area contributed by atoms with Gasteiger partial charge in [-0.25, -0.2) is 27.5 Å². The maximum Gasteiger partial charge on any atom is 0.436 e. The third-order valence-electron chi connectivity index (χ3n) is 6.81. The molecule has 3 aromatic rings. The topological polar surface area (TPSA) is 97.2 Å². The van der Waals surface area contributed by atoms with Crippen molar-refractivity contribution in [2.24, 2.45) is 0 Å². The van der Waals surface area contributed by atoms with Crippen molar-refractivity contribution in [2.45, 2.75) is 24.7 Å². The number of benzene rings is 1. The Labute approximate surface area is 274 Å². The Bertz CT molecular complexity index is 2170. The standard InChI is InChI=1S/C29H3F18N5/c30-18-16(20(32)24(34)51-22(18)28(42,43)44)10(5-49)14-13(9(4-48)8-2-1-7(26(36,37)38)3-12(8)27(39,40)41)15(14)11(6-50)17-19(31)23(29(45,46)47)52-25(35)21(17)33/h1-3H/b13-9-,14-10?,15-11-. The molecule has 2 aromatic heterocycles. The van der Waals surface area contributed by atoms with Crippen molar-refractivity contribution in [2.75, 3.05) is 0 Å². The van der Waals surface area contributed by atoms with Crippen LogP contribution in [0.1, 0.15) is 39.2 Å². The zero-order chi connectivity index (χ0) is 39.6. The lowest BCUT2D eigenvalue weighted by atomic mass is 9.95. The van der Waals surface area contributed by atoms with E-state index in [2.05, 4.69) is 0 Å². The number of nitriles is 3. The summed E-state index contributed by atoms with van der Waals surface area (Å²) in [7, 11) is 0. The third kappa shape index (κ3) is 6.59. The monoisotopic (exact) mass is 763 g/mol. The minimum Gasteiger partial charge on any atom is -0.209 e. The van der Waals surface area contributed by atoms with Gasteiger partial charge in [-0.3, -0.25) is 0 Å². The van der Waals surface area contributed by atoms with Crippen LogP contribution in [0.5, 0.6) is 0 Å². The van der Waals surface area contributed by atoms with E-state index in [9.17, 15) is 86.0 Å². The molecule has 5 nitrogen and oxygen atoms in total. The van der Waals surface area contributed by atoms with Gasteiger partial charge in [-0.2, -0.15) is 77.3 Å². The van der Waals surface area contributed by atoms with Gasteiger partial charge in [0, 0.05) is 22.3 Å². The number of allylic oxidation sites excluding steroid dienone is 6. The lowest BCUT2D eigenvalue weighted by molar-refractivity contribution is -0.145. The second-order valence-electron chi connectivity index (χ2n) is 9.85. The van der Waals surface area contributed by atoms with E-state index in [1.807, 2.05) is 9.97 Å². The number of aromatic nitrogens is 2. The van der Waals surface area contributed by atoms with Crippen LogP contribution >= 0.6 is 0 Å². The average molecular weight is 763 g/mol. The molecule has 2 heterocycles. The molecule has 23 heteroatoms. The Morgan fingerprint density at radius 1 is 0.481 bits per heavy atom. The number of hydrogen-bond acceptors (Lipinski definition) is 5. The van der Waals surface area contributed by atoms with Gasteiger partial charge in [0.2, 0.25) is 11.9 Å². The highest BCUT2D eigenvalue weighted by Gasteiger charge is 2.49. The van der Waals surface area contributed by atoms with Crippen LogP contribution in [-0.2, 0) is 24.7 Å². The van der Waals surface area contributed by atoms with Gasteiger partial charge in [-0.05, 0) is 12.1 Å². The number of hydrogen-bond donors (Lipinski definition) is 0. The fraction of sp³-hybridized carbons (Fsp3) is 0.138. The van der Waals surface area contributed by atoms with Crippen molar-refractivity contribution >= 4 is 16.7 Å². The molecule has 1 aliphatic rings. The second kappa shape index (κ2) is 12.6. The van der Waals surface area contributed by atoms with Crippen LogP contribution in [0.25, 0.3) is 16.7 Å². The first-order valence-corrected chi connectivity index (χ1v) is 12.7. The molecule has 270 valence electrons. The summed E-state index contributed by atoms with van der Waals surface area (Å²) in [6, 6.07) is 1.65. The number of alkyl halides is 12. The van der Waals surface area contributed by atoms with Crippen molar-refractivity contribution < 1.29 is 79.0 Å². The summed E-state index contributed by atoms with van der Waals surface area (Å²) in [4.78, 5) is 3.99. The molecule has 4 rings (SSSR count). The molecule has 1 saturated carbocycles. The maximum absolute atomic E-state index is 15.1. The molecule has 0 bridgehead atoms. The summed E-state index contributed by atoms with van der Waals surface area (Å²) in [6.07, 6.45) is -23.4. The van der Waals surface area contributed by atoms with E-state index in [4.69, 9.17) is 0 Å². The summed E-state index contributed by atoms with van der Waals surface area (Å²) in [5.41, 5.74) is -27.5. The van der Waals surface area contributed by atoms with Gasteiger partial charge in [0.05, 0.1) is 39.0 Å². The van der Waals surface area contributed by atoms with Crippen molar-refractivity contribution in [3.63, 3.8) is 0 Å². The fourth-order valence-corrected chi connectivity index (χ4v) is 4.68. The molecule has 1 aromatic carbocycles. The van der Waals surface area contributed by atoms with E-state index < -0.39 is 139 Å². The number of halogens is 18. The Kier molecular flexibility index (Phi) is 9.40. The van der Waals surface area contributed by atoms with Gasteiger partial charge in [-0.15, -0.1) is 0 Å². The van der Waals surface area contributed by atoms with Crippen LogP contribution < -0.4 is 0 Å². The van der Waals surface area contributed by atoms with Crippen LogP contribution in [0.15, 0.2) is 34.9 Å². The van der Waals surface area contributed by atoms with Gasteiger partial charge in [-0.1, -0.05) is 6.07 Å². The first-order valence-electron chi connectivity index (χ1n) is 12.7. The first-order chi connectivity index (χ1) is 23.7. The summed E-state index contributed by atoms with van der Waals surface area (Å²) >= 11 is 0. The smallest absolute Gasteiger partial charge is 0.209 e. The summed E-state index contributed by atoms with van der Waals surface area (Å²) in [5, 5.41) is 29.4. The van der Waals surface area contributed by atoms with Crippen molar-refractivity contribution in [3.05, 3.63) is 109 Å². The molecule has 0 N–H and O–H groups in total. The zero-order valence-corrected chi connectivity index (χ0v) is 23.8. The molecule has 1 aliphatic carbocycles. The molecule has 0 amide bonds. The van der Waals surface area contributed by atoms with E-state index >= 15 is 8.78 Å². The van der Waals surface area contributed by atoms with Crippen LogP contribution in [0.2, 0.25) is 0 Å². The highest BCUT2D eigenvalue weighted by atomic mass is 19.4. The van der Waals surface area contributed by atoms with Gasteiger partial charge < -0.3 is 0 Å². The molecule has 1 fully saturated rings. The van der Waals surface area contributed by atoms with Crippen LogP contribution in [0.3, 0.4) is 0 Å². The summed E-state index contributed by atoms with van der Waals surface area (Å²) in [6.45, 7) is 0. The van der Waals surface area contributed by atoms with Crippen molar-refractivity contribution in [3.8, 4) is 18.2 Å². The van der Waals surface area contributed by atoms with Gasteiger partial charge in [0.15, 0.2) is 34.7 Å². The SMILES string of the molecule is N#CC(=C1C(=C(\C#N)c2ccc(C(F)(F)F)cc2C(F)(F)F)/C1=C(\C#N)c1c(F)c(F)nc(C(F)(F)F)c1F)c1c(F)c(F)nc(C(F)(F)F)c1F. The normalized spacial score (nSPS) is 16.5. The van der Waals surface area contributed by atoms with Gasteiger partial charge >= 0.3 is 24.7 Å². The predicted octanol–water partition coefficient (Wildman–Crippen LogP) is 9.63. The minimum atomic E-state index is -6.01. The molecule has 0 aliphatic heterocycles. The highest BCUT2D eigenvalue weighted by Crippen LogP contribution is 2.58. The van der Waals surface area contributed by atoms with E-state index in [1.54, 1.807) is 0 Å². The summed E-state index contributed by atoms with van der Waals surface area (Å²) < 4.78 is 251.